The van der Waals surface area contributed by atoms with Gasteiger partial charge >= 0.3 is 0 Å². The number of hydrogen-bond acceptors (Lipinski definition) is 4. The van der Waals surface area contributed by atoms with Crippen molar-refractivity contribution in [2.75, 3.05) is 20.8 Å². The monoisotopic (exact) mass is 176 g/mol. The SMILES string of the molecule is CCCC(COC=O)(OC)OC. The van der Waals surface area contributed by atoms with Crippen molar-refractivity contribution in [2.24, 2.45) is 0 Å². The molecular weight excluding hydrogens is 160 g/mol. The quantitative estimate of drug-likeness (QED) is 0.428. The second-order valence-corrected chi connectivity index (χ2v) is 2.48. The first-order valence-corrected chi connectivity index (χ1v) is 3.90. The Bertz CT molecular complexity index is 120. The van der Waals surface area contributed by atoms with Crippen molar-refractivity contribution in [3.8, 4) is 0 Å². The Morgan fingerprint density at radius 2 is 1.92 bits per heavy atom. The molecule has 0 radical (unpaired) electrons. The summed E-state index contributed by atoms with van der Waals surface area (Å²) in [6.45, 7) is 2.54. The fourth-order valence-electron chi connectivity index (χ4n) is 1.02. The van der Waals surface area contributed by atoms with Gasteiger partial charge in [0.15, 0.2) is 0 Å². The van der Waals surface area contributed by atoms with E-state index in [0.717, 1.165) is 6.42 Å². The molecule has 0 spiro atoms. The molecule has 72 valence electrons. The van der Waals surface area contributed by atoms with Crippen molar-refractivity contribution < 1.29 is 19.0 Å². The third-order valence-electron chi connectivity index (χ3n) is 1.75. The number of carbonyl (C=O) groups excluding carboxylic acids is 1. The summed E-state index contributed by atoms with van der Waals surface area (Å²) < 4.78 is 14.8. The molecule has 4 heteroatoms. The molecule has 0 amide bonds. The lowest BCUT2D eigenvalue weighted by Crippen LogP contribution is -2.38. The number of ether oxygens (including phenoxy) is 3. The molecule has 0 N–H and O–H groups in total. The van der Waals surface area contributed by atoms with Gasteiger partial charge in [-0.3, -0.25) is 4.79 Å². The molecule has 0 aromatic carbocycles. The predicted molar refractivity (Wildman–Crippen MR) is 43.7 cm³/mol. The van der Waals surface area contributed by atoms with Crippen molar-refractivity contribution >= 4 is 6.47 Å². The minimum Gasteiger partial charge on any atom is -0.462 e. The molecule has 0 heterocycles. The smallest absolute Gasteiger partial charge is 0.293 e. The zero-order chi connectivity index (χ0) is 9.45. The van der Waals surface area contributed by atoms with Gasteiger partial charge in [-0.1, -0.05) is 13.3 Å². The highest BCUT2D eigenvalue weighted by atomic mass is 16.7. The number of hydrogen-bond donors (Lipinski definition) is 0. The van der Waals surface area contributed by atoms with E-state index in [4.69, 9.17) is 9.47 Å². The van der Waals surface area contributed by atoms with Crippen LogP contribution in [-0.2, 0) is 19.0 Å². The van der Waals surface area contributed by atoms with Crippen LogP contribution in [-0.4, -0.2) is 33.1 Å². The van der Waals surface area contributed by atoms with Crippen LogP contribution in [0.4, 0.5) is 0 Å². The van der Waals surface area contributed by atoms with E-state index in [1.54, 1.807) is 0 Å². The summed E-state index contributed by atoms with van der Waals surface area (Å²) in [5.41, 5.74) is 0. The second-order valence-electron chi connectivity index (χ2n) is 2.48. The van der Waals surface area contributed by atoms with Crippen LogP contribution in [0.25, 0.3) is 0 Å². The molecular formula is C8H16O4. The first-order chi connectivity index (χ1) is 5.74. The van der Waals surface area contributed by atoms with E-state index in [-0.39, 0.29) is 6.61 Å². The van der Waals surface area contributed by atoms with Crippen molar-refractivity contribution in [1.29, 1.82) is 0 Å². The van der Waals surface area contributed by atoms with E-state index in [9.17, 15) is 4.79 Å². The molecule has 0 atom stereocenters. The van der Waals surface area contributed by atoms with Gasteiger partial charge in [0.05, 0.1) is 0 Å². The summed E-state index contributed by atoms with van der Waals surface area (Å²) in [7, 11) is 3.07. The van der Waals surface area contributed by atoms with E-state index in [1.807, 2.05) is 6.92 Å². The van der Waals surface area contributed by atoms with Crippen LogP contribution in [0.3, 0.4) is 0 Å². The maximum Gasteiger partial charge on any atom is 0.293 e. The molecule has 0 bridgehead atoms. The minimum atomic E-state index is -0.768. The molecule has 0 aliphatic rings. The second kappa shape index (κ2) is 5.97. The minimum absolute atomic E-state index is 0.136. The first kappa shape index (κ1) is 11.4. The maximum atomic E-state index is 9.95. The summed E-state index contributed by atoms with van der Waals surface area (Å²) >= 11 is 0. The Balaban J connectivity index is 4.03. The van der Waals surface area contributed by atoms with Crippen molar-refractivity contribution in [3.05, 3.63) is 0 Å². The highest BCUT2D eigenvalue weighted by molar-refractivity contribution is 5.37. The van der Waals surface area contributed by atoms with Gasteiger partial charge in [-0.25, -0.2) is 0 Å². The third-order valence-corrected chi connectivity index (χ3v) is 1.75. The van der Waals surface area contributed by atoms with Crippen molar-refractivity contribution in [2.45, 2.75) is 25.6 Å². The van der Waals surface area contributed by atoms with Crippen LogP contribution in [0.1, 0.15) is 19.8 Å². The molecule has 0 saturated heterocycles. The molecule has 0 rings (SSSR count). The van der Waals surface area contributed by atoms with Crippen LogP contribution in [0.5, 0.6) is 0 Å². The summed E-state index contributed by atoms with van der Waals surface area (Å²) in [6, 6.07) is 0. The maximum absolute atomic E-state index is 9.95. The van der Waals surface area contributed by atoms with E-state index in [2.05, 4.69) is 4.74 Å². The van der Waals surface area contributed by atoms with E-state index in [0.29, 0.717) is 12.9 Å². The van der Waals surface area contributed by atoms with E-state index >= 15 is 0 Å². The Morgan fingerprint density at radius 3 is 2.25 bits per heavy atom. The molecule has 0 fully saturated rings. The lowest BCUT2D eigenvalue weighted by Gasteiger charge is -2.29. The highest BCUT2D eigenvalue weighted by Gasteiger charge is 2.29. The Morgan fingerprint density at radius 1 is 1.33 bits per heavy atom. The number of methoxy groups -OCH3 is 2. The molecule has 0 aromatic rings. The lowest BCUT2D eigenvalue weighted by atomic mass is 10.1. The van der Waals surface area contributed by atoms with Gasteiger partial charge in [-0.05, 0) is 0 Å². The van der Waals surface area contributed by atoms with Gasteiger partial charge in [0.25, 0.3) is 6.47 Å². The highest BCUT2D eigenvalue weighted by Crippen LogP contribution is 2.18. The molecule has 12 heavy (non-hydrogen) atoms. The van der Waals surface area contributed by atoms with E-state index in [1.165, 1.54) is 14.2 Å². The van der Waals surface area contributed by atoms with Crippen molar-refractivity contribution in [3.63, 3.8) is 0 Å². The van der Waals surface area contributed by atoms with Gasteiger partial charge < -0.3 is 14.2 Å². The van der Waals surface area contributed by atoms with Gasteiger partial charge in [0, 0.05) is 20.6 Å². The van der Waals surface area contributed by atoms with Gasteiger partial charge in [-0.15, -0.1) is 0 Å². The van der Waals surface area contributed by atoms with Gasteiger partial charge in [0.1, 0.15) is 6.61 Å². The number of carbonyl (C=O) groups is 1. The Labute approximate surface area is 72.8 Å². The zero-order valence-corrected chi connectivity index (χ0v) is 7.83. The first-order valence-electron chi connectivity index (χ1n) is 3.90. The summed E-state index contributed by atoms with van der Waals surface area (Å²) in [6.07, 6.45) is 1.61. The van der Waals surface area contributed by atoms with Gasteiger partial charge in [0.2, 0.25) is 5.79 Å². The lowest BCUT2D eigenvalue weighted by molar-refractivity contribution is -0.234. The average Bonchev–Trinajstić information content (AvgIpc) is 2.13. The summed E-state index contributed by atoms with van der Waals surface area (Å²) in [5, 5.41) is 0. The standard InChI is InChI=1S/C8H16O4/c1-4-5-8(10-2,11-3)6-12-7-9/h7H,4-6H2,1-3H3. The fraction of sp³-hybridized carbons (Fsp3) is 0.875. The molecule has 0 aliphatic heterocycles. The molecule has 0 unspecified atom stereocenters. The normalized spacial score (nSPS) is 11.2. The van der Waals surface area contributed by atoms with Crippen LogP contribution in [0, 0.1) is 0 Å². The van der Waals surface area contributed by atoms with Crippen molar-refractivity contribution in [1.82, 2.24) is 0 Å². The Hall–Kier alpha value is -0.610. The van der Waals surface area contributed by atoms with Crippen LogP contribution in [0.2, 0.25) is 0 Å². The predicted octanol–water partition coefficient (Wildman–Crippen LogP) is 0.949. The summed E-state index contributed by atoms with van der Waals surface area (Å²) in [4.78, 5) is 9.95. The number of rotatable bonds is 7. The Kier molecular flexibility index (Phi) is 5.66. The zero-order valence-electron chi connectivity index (χ0n) is 7.83. The molecule has 4 nitrogen and oxygen atoms in total. The summed E-state index contributed by atoms with van der Waals surface area (Å²) in [5.74, 6) is -0.768. The molecule has 0 saturated carbocycles. The topological polar surface area (TPSA) is 44.8 Å². The van der Waals surface area contributed by atoms with Crippen LogP contribution < -0.4 is 0 Å². The fourth-order valence-corrected chi connectivity index (χ4v) is 1.02. The van der Waals surface area contributed by atoms with Crippen LogP contribution >= 0.6 is 0 Å². The third kappa shape index (κ3) is 3.19. The van der Waals surface area contributed by atoms with Gasteiger partial charge in [-0.2, -0.15) is 0 Å². The average molecular weight is 176 g/mol. The van der Waals surface area contributed by atoms with E-state index < -0.39 is 5.79 Å². The molecule has 0 aromatic heterocycles. The largest absolute Gasteiger partial charge is 0.462 e. The van der Waals surface area contributed by atoms with Crippen LogP contribution in [0.15, 0.2) is 0 Å². The molecule has 0 aliphatic carbocycles.